The number of hydrogen-bond donors (Lipinski definition) is 0. The highest BCUT2D eigenvalue weighted by Gasteiger charge is 2.22. The summed E-state index contributed by atoms with van der Waals surface area (Å²) in [7, 11) is 0. The monoisotopic (exact) mass is 448 g/mol. The van der Waals surface area contributed by atoms with E-state index in [4.69, 9.17) is 14.5 Å². The van der Waals surface area contributed by atoms with Crippen LogP contribution in [0.1, 0.15) is 22.6 Å². The molecule has 0 spiro atoms. The van der Waals surface area contributed by atoms with Crippen LogP contribution in [0.3, 0.4) is 0 Å². The molecule has 1 aromatic carbocycles. The van der Waals surface area contributed by atoms with Crippen LogP contribution in [0, 0.1) is 6.92 Å². The average Bonchev–Trinajstić information content (AvgIpc) is 3.51. The van der Waals surface area contributed by atoms with Crippen molar-refractivity contribution in [2.45, 2.75) is 26.4 Å². The van der Waals surface area contributed by atoms with Crippen molar-refractivity contribution < 1.29 is 4.42 Å². The fraction of sp³-hybridized carbons (Fsp3) is 0.185. The molecule has 0 N–H and O–H groups in total. The van der Waals surface area contributed by atoms with Gasteiger partial charge in [0.25, 0.3) is 0 Å². The SMILES string of the molecule is Cc1ccc(-c2nn(-c3ccccc3)cc2CN2CCc3nc(-c4ccncc4)ncc3C2)o1. The lowest BCUT2D eigenvalue weighted by atomic mass is 10.1. The van der Waals surface area contributed by atoms with Gasteiger partial charge in [0.2, 0.25) is 0 Å². The van der Waals surface area contributed by atoms with Crippen LogP contribution in [0.2, 0.25) is 0 Å². The van der Waals surface area contributed by atoms with Crippen LogP contribution in [0.5, 0.6) is 0 Å². The van der Waals surface area contributed by atoms with E-state index in [1.165, 1.54) is 5.56 Å². The van der Waals surface area contributed by atoms with E-state index in [-0.39, 0.29) is 0 Å². The van der Waals surface area contributed by atoms with E-state index in [1.54, 1.807) is 12.4 Å². The summed E-state index contributed by atoms with van der Waals surface area (Å²) >= 11 is 0. The fourth-order valence-electron chi connectivity index (χ4n) is 4.40. The standard InChI is InChI=1S/C27H24N6O/c1-19-7-8-25(34-19)26-22(18-33(31-26)23-5-3-2-4-6-23)17-32-14-11-24-21(16-32)15-29-27(30-24)20-9-12-28-13-10-20/h2-10,12-13,15,18H,11,14,16-17H2,1H3. The lowest BCUT2D eigenvalue weighted by molar-refractivity contribution is 0.243. The lowest BCUT2D eigenvalue weighted by Gasteiger charge is -2.27. The molecular formula is C27H24N6O. The quantitative estimate of drug-likeness (QED) is 0.383. The number of furan rings is 1. The second-order valence-electron chi connectivity index (χ2n) is 8.56. The van der Waals surface area contributed by atoms with Gasteiger partial charge in [0.15, 0.2) is 11.6 Å². The van der Waals surface area contributed by atoms with Gasteiger partial charge in [0, 0.05) is 67.5 Å². The van der Waals surface area contributed by atoms with Crippen LogP contribution in [-0.4, -0.2) is 36.2 Å². The van der Waals surface area contributed by atoms with Crippen LogP contribution in [-0.2, 0) is 19.5 Å². The number of para-hydroxylation sites is 1. The third-order valence-electron chi connectivity index (χ3n) is 6.13. The second-order valence-corrected chi connectivity index (χ2v) is 8.56. The van der Waals surface area contributed by atoms with Gasteiger partial charge in [0.05, 0.1) is 11.4 Å². The molecule has 6 rings (SSSR count). The molecule has 7 nitrogen and oxygen atoms in total. The molecule has 5 heterocycles. The van der Waals surface area contributed by atoms with Crippen LogP contribution < -0.4 is 0 Å². The fourth-order valence-corrected chi connectivity index (χ4v) is 4.40. The third-order valence-corrected chi connectivity index (χ3v) is 6.13. The molecule has 1 aliphatic heterocycles. The van der Waals surface area contributed by atoms with Gasteiger partial charge in [-0.15, -0.1) is 0 Å². The number of nitrogens with zero attached hydrogens (tertiary/aromatic N) is 6. The molecule has 0 saturated carbocycles. The number of rotatable bonds is 5. The van der Waals surface area contributed by atoms with Crippen LogP contribution in [0.4, 0.5) is 0 Å². The third kappa shape index (κ3) is 4.02. The summed E-state index contributed by atoms with van der Waals surface area (Å²) in [4.78, 5) is 16.0. The van der Waals surface area contributed by atoms with E-state index in [0.29, 0.717) is 0 Å². The Kier molecular flexibility index (Phi) is 5.24. The van der Waals surface area contributed by atoms with Gasteiger partial charge in [0.1, 0.15) is 11.5 Å². The van der Waals surface area contributed by atoms with Gasteiger partial charge >= 0.3 is 0 Å². The number of fused-ring (bicyclic) bond motifs is 1. The molecular weight excluding hydrogens is 424 g/mol. The van der Waals surface area contributed by atoms with Crippen molar-refractivity contribution in [3.8, 4) is 28.5 Å². The smallest absolute Gasteiger partial charge is 0.159 e. The molecule has 34 heavy (non-hydrogen) atoms. The highest BCUT2D eigenvalue weighted by Crippen LogP contribution is 2.28. The van der Waals surface area contributed by atoms with E-state index < -0.39 is 0 Å². The predicted octanol–water partition coefficient (Wildman–Crippen LogP) is 4.85. The van der Waals surface area contributed by atoms with E-state index in [1.807, 2.05) is 60.3 Å². The minimum Gasteiger partial charge on any atom is -0.460 e. The minimum atomic E-state index is 0.759. The lowest BCUT2D eigenvalue weighted by Crippen LogP contribution is -2.31. The molecule has 7 heteroatoms. The van der Waals surface area contributed by atoms with E-state index in [9.17, 15) is 0 Å². The second kappa shape index (κ2) is 8.68. The summed E-state index contributed by atoms with van der Waals surface area (Å²) in [6, 6.07) is 18.0. The summed E-state index contributed by atoms with van der Waals surface area (Å²) in [5.74, 6) is 2.43. The first-order valence-corrected chi connectivity index (χ1v) is 11.4. The van der Waals surface area contributed by atoms with Crippen molar-refractivity contribution in [2.24, 2.45) is 0 Å². The van der Waals surface area contributed by atoms with Gasteiger partial charge in [-0.05, 0) is 43.3 Å². The first-order valence-electron chi connectivity index (χ1n) is 11.4. The van der Waals surface area contributed by atoms with Gasteiger partial charge in [-0.25, -0.2) is 14.6 Å². The van der Waals surface area contributed by atoms with Gasteiger partial charge in [-0.3, -0.25) is 9.88 Å². The average molecular weight is 449 g/mol. The molecule has 4 aromatic heterocycles. The first-order chi connectivity index (χ1) is 16.7. The number of aryl methyl sites for hydroxylation is 1. The Balaban J connectivity index is 1.27. The molecule has 1 aliphatic rings. The summed E-state index contributed by atoms with van der Waals surface area (Å²) in [5.41, 5.74) is 6.34. The zero-order valence-corrected chi connectivity index (χ0v) is 18.9. The van der Waals surface area contributed by atoms with Crippen LogP contribution in [0.15, 0.2) is 83.8 Å². The summed E-state index contributed by atoms with van der Waals surface area (Å²) in [6.45, 7) is 4.46. The van der Waals surface area contributed by atoms with Crippen molar-refractivity contribution in [1.29, 1.82) is 0 Å². The number of aromatic nitrogens is 5. The van der Waals surface area contributed by atoms with Crippen LogP contribution in [0.25, 0.3) is 28.5 Å². The molecule has 0 radical (unpaired) electrons. The zero-order valence-electron chi connectivity index (χ0n) is 18.9. The van der Waals surface area contributed by atoms with Crippen LogP contribution >= 0.6 is 0 Å². The maximum atomic E-state index is 5.94. The van der Waals surface area contributed by atoms with E-state index in [0.717, 1.165) is 71.6 Å². The summed E-state index contributed by atoms with van der Waals surface area (Å²) < 4.78 is 7.88. The Morgan fingerprint density at radius 2 is 1.85 bits per heavy atom. The van der Waals surface area contributed by atoms with Crippen molar-refractivity contribution in [3.05, 3.63) is 102 Å². The van der Waals surface area contributed by atoms with Crippen molar-refractivity contribution in [1.82, 2.24) is 29.6 Å². The predicted molar refractivity (Wildman–Crippen MR) is 129 cm³/mol. The Bertz CT molecular complexity index is 1420. The van der Waals surface area contributed by atoms with Crippen molar-refractivity contribution in [2.75, 3.05) is 6.54 Å². The maximum Gasteiger partial charge on any atom is 0.159 e. The molecule has 0 saturated heterocycles. The summed E-state index contributed by atoms with van der Waals surface area (Å²) in [5, 5.41) is 4.89. The number of benzene rings is 1. The van der Waals surface area contributed by atoms with Gasteiger partial charge in [-0.1, -0.05) is 18.2 Å². The largest absolute Gasteiger partial charge is 0.460 e. The molecule has 0 bridgehead atoms. The minimum absolute atomic E-state index is 0.759. The highest BCUT2D eigenvalue weighted by atomic mass is 16.3. The Hall–Kier alpha value is -4.10. The molecule has 0 fully saturated rings. The molecule has 5 aromatic rings. The van der Waals surface area contributed by atoms with Crippen molar-refractivity contribution in [3.63, 3.8) is 0 Å². The molecule has 168 valence electrons. The highest BCUT2D eigenvalue weighted by molar-refractivity contribution is 5.58. The molecule has 0 unspecified atom stereocenters. The molecule has 0 amide bonds. The van der Waals surface area contributed by atoms with E-state index in [2.05, 4.69) is 33.2 Å². The van der Waals surface area contributed by atoms with Crippen molar-refractivity contribution >= 4 is 0 Å². The number of pyridine rings is 1. The molecule has 0 aliphatic carbocycles. The Morgan fingerprint density at radius 1 is 1.00 bits per heavy atom. The first kappa shape index (κ1) is 20.5. The number of hydrogen-bond acceptors (Lipinski definition) is 6. The Labute approximate surface area is 197 Å². The Morgan fingerprint density at radius 3 is 2.65 bits per heavy atom. The maximum absolute atomic E-state index is 5.94. The van der Waals surface area contributed by atoms with Gasteiger partial charge in [-0.2, -0.15) is 5.10 Å². The molecule has 0 atom stereocenters. The summed E-state index contributed by atoms with van der Waals surface area (Å²) in [6.07, 6.45) is 8.51. The normalized spacial score (nSPS) is 13.7. The van der Waals surface area contributed by atoms with Gasteiger partial charge < -0.3 is 4.42 Å². The zero-order chi connectivity index (χ0) is 22.9. The topological polar surface area (TPSA) is 72.9 Å². The van der Waals surface area contributed by atoms with E-state index >= 15 is 0 Å².